The highest BCUT2D eigenvalue weighted by atomic mass is 16.3. The molecule has 0 aromatic carbocycles. The number of rotatable bonds is 7. The van der Waals surface area contributed by atoms with Crippen molar-refractivity contribution in [2.45, 2.75) is 52.4 Å². The molecule has 0 bridgehead atoms. The SMILES string of the molecule is CCCCN(CCO)CC1CCC(C)CC1. The van der Waals surface area contributed by atoms with Gasteiger partial charge in [0.2, 0.25) is 0 Å². The first-order valence-electron chi connectivity index (χ1n) is 7.09. The Morgan fingerprint density at radius 2 is 1.81 bits per heavy atom. The third kappa shape index (κ3) is 5.31. The van der Waals surface area contributed by atoms with Gasteiger partial charge in [0.25, 0.3) is 0 Å². The summed E-state index contributed by atoms with van der Waals surface area (Å²) in [4.78, 5) is 2.46. The number of aliphatic hydroxyl groups excluding tert-OH is 1. The second kappa shape index (κ2) is 8.08. The molecule has 0 atom stereocenters. The molecule has 96 valence electrons. The minimum atomic E-state index is 0.312. The Hall–Kier alpha value is -0.0800. The highest BCUT2D eigenvalue weighted by molar-refractivity contribution is 4.73. The summed E-state index contributed by atoms with van der Waals surface area (Å²) in [5.41, 5.74) is 0. The average Bonchev–Trinajstić information content (AvgIpc) is 2.29. The molecule has 1 fully saturated rings. The summed E-state index contributed by atoms with van der Waals surface area (Å²) in [7, 11) is 0. The molecule has 0 saturated heterocycles. The van der Waals surface area contributed by atoms with Crippen LogP contribution in [-0.2, 0) is 0 Å². The van der Waals surface area contributed by atoms with E-state index in [1.807, 2.05) is 0 Å². The number of hydrogen-bond donors (Lipinski definition) is 1. The minimum Gasteiger partial charge on any atom is -0.395 e. The lowest BCUT2D eigenvalue weighted by Gasteiger charge is -2.31. The maximum Gasteiger partial charge on any atom is 0.0558 e. The van der Waals surface area contributed by atoms with Crippen LogP contribution < -0.4 is 0 Å². The molecule has 0 aliphatic heterocycles. The van der Waals surface area contributed by atoms with Crippen LogP contribution in [0, 0.1) is 11.8 Å². The highest BCUT2D eigenvalue weighted by Crippen LogP contribution is 2.28. The molecular weight excluding hydrogens is 198 g/mol. The zero-order valence-corrected chi connectivity index (χ0v) is 11.1. The van der Waals surface area contributed by atoms with Crippen molar-refractivity contribution in [2.75, 3.05) is 26.2 Å². The topological polar surface area (TPSA) is 23.5 Å². The van der Waals surface area contributed by atoms with Crippen LogP contribution in [0.4, 0.5) is 0 Å². The van der Waals surface area contributed by atoms with E-state index in [1.165, 1.54) is 51.6 Å². The zero-order valence-electron chi connectivity index (χ0n) is 11.1. The standard InChI is InChI=1S/C14H29NO/c1-3-4-9-15(10-11-16)12-14-7-5-13(2)6-8-14/h13-14,16H,3-12H2,1-2H3. The average molecular weight is 227 g/mol. The van der Waals surface area contributed by atoms with Crippen LogP contribution in [0.5, 0.6) is 0 Å². The third-order valence-corrected chi connectivity index (χ3v) is 3.90. The summed E-state index contributed by atoms with van der Waals surface area (Å²) in [5, 5.41) is 9.07. The highest BCUT2D eigenvalue weighted by Gasteiger charge is 2.20. The van der Waals surface area contributed by atoms with E-state index < -0.39 is 0 Å². The summed E-state index contributed by atoms with van der Waals surface area (Å²) in [6.45, 7) is 8.17. The van der Waals surface area contributed by atoms with Crippen LogP contribution in [0.15, 0.2) is 0 Å². The van der Waals surface area contributed by atoms with Gasteiger partial charge >= 0.3 is 0 Å². The minimum absolute atomic E-state index is 0.312. The van der Waals surface area contributed by atoms with Gasteiger partial charge in [0.05, 0.1) is 6.61 Å². The van der Waals surface area contributed by atoms with Gasteiger partial charge in [-0.15, -0.1) is 0 Å². The Labute approximate surface area is 101 Å². The molecule has 16 heavy (non-hydrogen) atoms. The Morgan fingerprint density at radius 1 is 1.12 bits per heavy atom. The van der Waals surface area contributed by atoms with Crippen LogP contribution in [0.25, 0.3) is 0 Å². The Balaban J connectivity index is 2.24. The lowest BCUT2D eigenvalue weighted by Crippen LogP contribution is -2.34. The maximum absolute atomic E-state index is 9.07. The van der Waals surface area contributed by atoms with Crippen LogP contribution in [0.1, 0.15) is 52.4 Å². The molecule has 2 nitrogen and oxygen atoms in total. The number of nitrogens with zero attached hydrogens (tertiary/aromatic N) is 1. The molecule has 1 aliphatic carbocycles. The number of hydrogen-bond acceptors (Lipinski definition) is 2. The molecule has 0 aromatic rings. The fourth-order valence-electron chi connectivity index (χ4n) is 2.69. The van der Waals surface area contributed by atoms with Gasteiger partial charge in [-0.1, -0.05) is 33.1 Å². The molecule has 0 radical (unpaired) electrons. The van der Waals surface area contributed by atoms with Crippen molar-refractivity contribution < 1.29 is 5.11 Å². The quantitative estimate of drug-likeness (QED) is 0.723. The molecule has 1 saturated carbocycles. The Bertz CT molecular complexity index is 164. The largest absolute Gasteiger partial charge is 0.395 e. The van der Waals surface area contributed by atoms with Gasteiger partial charge < -0.3 is 10.0 Å². The summed E-state index contributed by atoms with van der Waals surface area (Å²) >= 11 is 0. The second-order valence-electron chi connectivity index (χ2n) is 5.50. The van der Waals surface area contributed by atoms with E-state index >= 15 is 0 Å². The fraction of sp³-hybridized carbons (Fsp3) is 1.00. The van der Waals surface area contributed by atoms with E-state index in [-0.39, 0.29) is 0 Å². The van der Waals surface area contributed by atoms with Crippen molar-refractivity contribution in [1.82, 2.24) is 4.90 Å². The third-order valence-electron chi connectivity index (χ3n) is 3.90. The number of unbranched alkanes of at least 4 members (excludes halogenated alkanes) is 1. The van der Waals surface area contributed by atoms with Crippen LogP contribution in [0.2, 0.25) is 0 Å². The molecule has 0 spiro atoms. The maximum atomic E-state index is 9.07. The molecular formula is C14H29NO. The predicted molar refractivity (Wildman–Crippen MR) is 69.6 cm³/mol. The number of aliphatic hydroxyl groups is 1. The van der Waals surface area contributed by atoms with Crippen molar-refractivity contribution in [3.8, 4) is 0 Å². The lowest BCUT2D eigenvalue weighted by molar-refractivity contribution is 0.150. The van der Waals surface area contributed by atoms with Gasteiger partial charge in [0.15, 0.2) is 0 Å². The van der Waals surface area contributed by atoms with E-state index in [9.17, 15) is 0 Å². The van der Waals surface area contributed by atoms with Crippen molar-refractivity contribution in [3.63, 3.8) is 0 Å². The van der Waals surface area contributed by atoms with Gasteiger partial charge in [0.1, 0.15) is 0 Å². The first kappa shape index (κ1) is 14.0. The van der Waals surface area contributed by atoms with Gasteiger partial charge in [0, 0.05) is 13.1 Å². The molecule has 1 aliphatic rings. The van der Waals surface area contributed by atoms with Crippen molar-refractivity contribution >= 4 is 0 Å². The van der Waals surface area contributed by atoms with Gasteiger partial charge in [-0.25, -0.2) is 0 Å². The van der Waals surface area contributed by atoms with Gasteiger partial charge in [-0.05, 0) is 37.6 Å². The van der Waals surface area contributed by atoms with E-state index in [0.29, 0.717) is 6.61 Å². The summed E-state index contributed by atoms with van der Waals surface area (Å²) in [6, 6.07) is 0. The summed E-state index contributed by atoms with van der Waals surface area (Å²) in [6.07, 6.45) is 8.13. The smallest absolute Gasteiger partial charge is 0.0558 e. The van der Waals surface area contributed by atoms with E-state index in [4.69, 9.17) is 5.11 Å². The van der Waals surface area contributed by atoms with E-state index in [2.05, 4.69) is 18.7 Å². The van der Waals surface area contributed by atoms with Crippen LogP contribution in [-0.4, -0.2) is 36.2 Å². The van der Waals surface area contributed by atoms with Gasteiger partial charge in [-0.3, -0.25) is 0 Å². The molecule has 1 rings (SSSR count). The molecule has 2 heteroatoms. The van der Waals surface area contributed by atoms with Gasteiger partial charge in [-0.2, -0.15) is 0 Å². The van der Waals surface area contributed by atoms with E-state index in [0.717, 1.165) is 18.4 Å². The molecule has 0 unspecified atom stereocenters. The van der Waals surface area contributed by atoms with Crippen molar-refractivity contribution in [1.29, 1.82) is 0 Å². The molecule has 1 N–H and O–H groups in total. The lowest BCUT2D eigenvalue weighted by atomic mass is 9.83. The van der Waals surface area contributed by atoms with Crippen molar-refractivity contribution in [2.24, 2.45) is 11.8 Å². The molecule has 0 aromatic heterocycles. The Kier molecular flexibility index (Phi) is 7.06. The van der Waals surface area contributed by atoms with Crippen LogP contribution in [0.3, 0.4) is 0 Å². The first-order valence-corrected chi connectivity index (χ1v) is 7.09. The Morgan fingerprint density at radius 3 is 2.38 bits per heavy atom. The predicted octanol–water partition coefficient (Wildman–Crippen LogP) is 2.91. The molecule has 0 amide bonds. The zero-order chi connectivity index (χ0) is 11.8. The normalized spacial score (nSPS) is 26.2. The summed E-state index contributed by atoms with van der Waals surface area (Å²) in [5.74, 6) is 1.83. The monoisotopic (exact) mass is 227 g/mol. The van der Waals surface area contributed by atoms with Crippen molar-refractivity contribution in [3.05, 3.63) is 0 Å². The van der Waals surface area contributed by atoms with Crippen LogP contribution >= 0.6 is 0 Å². The molecule has 0 heterocycles. The fourth-order valence-corrected chi connectivity index (χ4v) is 2.69. The van der Waals surface area contributed by atoms with E-state index in [1.54, 1.807) is 0 Å². The first-order chi connectivity index (χ1) is 7.76. The summed E-state index contributed by atoms with van der Waals surface area (Å²) < 4.78 is 0. The second-order valence-corrected chi connectivity index (χ2v) is 5.50.